The summed E-state index contributed by atoms with van der Waals surface area (Å²) in [5.74, 6) is 0. The Labute approximate surface area is 46.4 Å². The molecule has 0 amide bonds. The van der Waals surface area contributed by atoms with Gasteiger partial charge < -0.3 is 0 Å². The second kappa shape index (κ2) is 8.92. The molecule has 0 heterocycles. The van der Waals surface area contributed by atoms with E-state index in [2.05, 4.69) is 27.6 Å². The van der Waals surface area contributed by atoms with E-state index >= 15 is 0 Å². The summed E-state index contributed by atoms with van der Waals surface area (Å²) in [5.41, 5.74) is 0. The predicted molar refractivity (Wildman–Crippen MR) is 12.8 cm³/mol. The van der Waals surface area contributed by atoms with E-state index in [1.165, 1.54) is 0 Å². The Hall–Kier alpha value is 1.12. The first-order valence-corrected chi connectivity index (χ1v) is 0.926. The molecule has 0 aliphatic heterocycles. The number of rotatable bonds is 0. The van der Waals surface area contributed by atoms with Crippen LogP contribution in [0.5, 0.6) is 0 Å². The van der Waals surface area contributed by atoms with Gasteiger partial charge in [-0.1, -0.05) is 0 Å². The average Bonchev–Trinajstić information content (AvgIpc) is 0.918. The maximum Gasteiger partial charge on any atom is 5.00 e. The number of halogens is 2. The zero-order chi connectivity index (χ0) is 2.71. The van der Waals surface area contributed by atoms with Crippen LogP contribution in [-0.2, 0) is 22.4 Å². The molecule has 0 spiro atoms. The molecular formula is Cl2OV+5. The molecule has 0 aromatic rings. The van der Waals surface area contributed by atoms with Gasteiger partial charge in [0.1, 0.15) is 0 Å². The van der Waals surface area contributed by atoms with Crippen LogP contribution in [0.15, 0.2) is 0 Å². The van der Waals surface area contributed by atoms with Crippen molar-refractivity contribution in [3.05, 3.63) is 0 Å². The third-order valence-electron chi connectivity index (χ3n) is 0. The summed E-state index contributed by atoms with van der Waals surface area (Å²) in [6, 6.07) is 0. The zero-order valence-corrected chi connectivity index (χ0v) is 4.52. The maximum atomic E-state index is 4.26. The quantitative estimate of drug-likeness (QED) is 0.490. The Balaban J connectivity index is 0. The van der Waals surface area contributed by atoms with Gasteiger partial charge in [-0.15, -0.1) is 0 Å². The van der Waals surface area contributed by atoms with Gasteiger partial charge in [-0.3, -0.25) is 0 Å². The summed E-state index contributed by atoms with van der Waals surface area (Å²) in [7, 11) is 0. The van der Waals surface area contributed by atoms with Gasteiger partial charge in [0.25, 0.3) is 0 Å². The Kier molecular flexibility index (Phi) is 19.9. The largest absolute Gasteiger partial charge is 5.00 e. The van der Waals surface area contributed by atoms with Crippen LogP contribution in [0.2, 0.25) is 0 Å². The van der Waals surface area contributed by atoms with Crippen LogP contribution in [-0.4, -0.2) is 0 Å². The van der Waals surface area contributed by atoms with Crippen LogP contribution < -0.4 is 0 Å². The molecule has 0 rings (SSSR count). The minimum absolute atomic E-state index is 0. The molecule has 0 aliphatic rings. The van der Waals surface area contributed by atoms with Gasteiger partial charge in [-0.05, 0) is 0 Å². The summed E-state index contributed by atoms with van der Waals surface area (Å²) >= 11 is 8.53. The first-order valence-electron chi connectivity index (χ1n) is 0.309. The smallest absolute Gasteiger partial charge is 0.166 e. The van der Waals surface area contributed by atoms with Crippen LogP contribution in [0.1, 0.15) is 0 Å². The van der Waals surface area contributed by atoms with Crippen molar-refractivity contribution in [1.82, 2.24) is 0 Å². The molecule has 4 heteroatoms. The molecule has 0 fully saturated rings. The molecule has 0 aromatic heterocycles. The van der Waals surface area contributed by atoms with Crippen LogP contribution in [0.4, 0.5) is 0 Å². The summed E-state index contributed by atoms with van der Waals surface area (Å²) in [5, 5.41) is 0. The molecule has 0 aliphatic carbocycles. The van der Waals surface area contributed by atoms with Gasteiger partial charge in [0.05, 0.1) is 23.7 Å². The fraction of sp³-hybridized carbons (Fsp3) is 0. The Morgan fingerprint density at radius 1 is 1.25 bits per heavy atom. The van der Waals surface area contributed by atoms with E-state index in [0.29, 0.717) is 0 Å². The van der Waals surface area contributed by atoms with Gasteiger partial charge >= 0.3 is 18.6 Å². The van der Waals surface area contributed by atoms with Crippen molar-refractivity contribution in [3.8, 4) is 0 Å². The molecule has 0 bridgehead atoms. The summed E-state index contributed by atoms with van der Waals surface area (Å²) in [6.45, 7) is 0. The van der Waals surface area contributed by atoms with Gasteiger partial charge in [0, 0.05) is 0 Å². The average molecular weight is 138 g/mol. The summed E-state index contributed by atoms with van der Waals surface area (Å²) in [4.78, 5) is 0. The molecule has 0 radical (unpaired) electrons. The molecule has 0 saturated carbocycles. The number of hydrogen-bond acceptors (Lipinski definition) is 1. The van der Waals surface area contributed by atoms with Crippen molar-refractivity contribution in [2.45, 2.75) is 0 Å². The van der Waals surface area contributed by atoms with Crippen LogP contribution in [0.25, 0.3) is 0 Å². The van der Waals surface area contributed by atoms with Crippen LogP contribution >= 0.6 is 23.7 Å². The minimum Gasteiger partial charge on any atom is -0.166 e. The van der Waals surface area contributed by atoms with Crippen molar-refractivity contribution in [2.24, 2.45) is 0 Å². The second-order valence-electron chi connectivity index (χ2n) is 0.0583. The number of hydrogen-bond donors (Lipinski definition) is 0. The molecule has 0 atom stereocenters. The summed E-state index contributed by atoms with van der Waals surface area (Å²) in [6.07, 6.45) is 0. The van der Waals surface area contributed by atoms with Gasteiger partial charge in [-0.2, -0.15) is 3.84 Å². The third kappa shape index (κ3) is 11.2. The Morgan fingerprint density at radius 3 is 1.25 bits per heavy atom. The fourth-order valence-electron chi connectivity index (χ4n) is 0. The standard InChI is InChI=1S/Cl2O.V/c1-3-2;/q;+5. The van der Waals surface area contributed by atoms with E-state index in [0.717, 1.165) is 0 Å². The summed E-state index contributed by atoms with van der Waals surface area (Å²) < 4.78 is 3.19. The van der Waals surface area contributed by atoms with Crippen molar-refractivity contribution in [2.75, 3.05) is 0 Å². The van der Waals surface area contributed by atoms with E-state index in [1.807, 2.05) is 0 Å². The van der Waals surface area contributed by atoms with Gasteiger partial charge in [0.15, 0.2) is 0 Å². The van der Waals surface area contributed by atoms with Gasteiger partial charge in [-0.25, -0.2) is 0 Å². The molecule has 20 valence electrons. The molecular weight excluding hydrogens is 138 g/mol. The van der Waals surface area contributed by atoms with Crippen molar-refractivity contribution >= 4 is 23.7 Å². The van der Waals surface area contributed by atoms with Crippen LogP contribution in [0, 0.1) is 0 Å². The normalized spacial score (nSPS) is 4.50. The Bertz CT molecular complexity index is 6.00. The fourth-order valence-corrected chi connectivity index (χ4v) is 0. The molecule has 0 unspecified atom stereocenters. The first kappa shape index (κ1) is 8.93. The topological polar surface area (TPSA) is 9.23 Å². The van der Waals surface area contributed by atoms with E-state index in [-0.39, 0.29) is 18.6 Å². The molecule has 4 heavy (non-hydrogen) atoms. The van der Waals surface area contributed by atoms with Crippen molar-refractivity contribution in [3.63, 3.8) is 0 Å². The second-order valence-corrected chi connectivity index (χ2v) is 0.525. The first-order chi connectivity index (χ1) is 1.41. The van der Waals surface area contributed by atoms with E-state index in [4.69, 9.17) is 0 Å². The van der Waals surface area contributed by atoms with E-state index in [1.54, 1.807) is 0 Å². The zero-order valence-electron chi connectivity index (χ0n) is 1.61. The monoisotopic (exact) mass is 137 g/mol. The Morgan fingerprint density at radius 2 is 1.25 bits per heavy atom. The van der Waals surface area contributed by atoms with Crippen molar-refractivity contribution < 1.29 is 22.4 Å². The minimum atomic E-state index is 0. The third-order valence-corrected chi connectivity index (χ3v) is 0. The van der Waals surface area contributed by atoms with E-state index < -0.39 is 0 Å². The predicted octanol–water partition coefficient (Wildman–Crippen LogP) is 1.31. The van der Waals surface area contributed by atoms with Crippen molar-refractivity contribution in [1.29, 1.82) is 0 Å². The molecule has 1 nitrogen and oxygen atoms in total. The van der Waals surface area contributed by atoms with E-state index in [9.17, 15) is 0 Å². The maximum absolute atomic E-state index is 4.26. The molecule has 0 N–H and O–H groups in total. The SMILES string of the molecule is ClOCl.[V+5]. The molecule has 0 aromatic carbocycles. The van der Waals surface area contributed by atoms with Crippen LogP contribution in [0.3, 0.4) is 0 Å². The molecule has 0 saturated heterocycles. The van der Waals surface area contributed by atoms with Gasteiger partial charge in [0.2, 0.25) is 0 Å².